The van der Waals surface area contributed by atoms with Crippen LogP contribution in [0.4, 0.5) is 0 Å². The van der Waals surface area contributed by atoms with Gasteiger partial charge in [0.15, 0.2) is 0 Å². The highest BCUT2D eigenvalue weighted by molar-refractivity contribution is 8.00. The van der Waals surface area contributed by atoms with E-state index in [4.69, 9.17) is 4.42 Å². The van der Waals surface area contributed by atoms with E-state index in [1.54, 1.807) is 18.0 Å². The molecule has 1 amide bonds. The molecule has 1 aromatic rings. The molecule has 1 aromatic heterocycles. The number of rotatable bonds is 5. The molecule has 1 N–H and O–H groups in total. The Bertz CT molecular complexity index is 270. The predicted molar refractivity (Wildman–Crippen MR) is 58.1 cm³/mol. The van der Waals surface area contributed by atoms with Crippen molar-refractivity contribution in [2.45, 2.75) is 25.6 Å². The Labute approximate surface area is 88.2 Å². The maximum absolute atomic E-state index is 11.3. The Hall–Kier alpha value is -0.900. The van der Waals surface area contributed by atoms with Gasteiger partial charge in [0, 0.05) is 0 Å². The van der Waals surface area contributed by atoms with Crippen molar-refractivity contribution in [3.05, 3.63) is 24.2 Å². The van der Waals surface area contributed by atoms with Gasteiger partial charge >= 0.3 is 0 Å². The summed E-state index contributed by atoms with van der Waals surface area (Å²) in [5.74, 6) is 1.35. The number of nitrogens with one attached hydrogen (secondary N) is 1. The fourth-order valence-corrected chi connectivity index (χ4v) is 1.48. The number of thioether (sulfide) groups is 1. The number of hydrogen-bond acceptors (Lipinski definition) is 3. The molecule has 0 aliphatic heterocycles. The van der Waals surface area contributed by atoms with Crippen LogP contribution in [0.5, 0.6) is 0 Å². The van der Waals surface area contributed by atoms with Crippen LogP contribution in [0.3, 0.4) is 0 Å². The fraction of sp³-hybridized carbons (Fsp3) is 0.500. The molecule has 0 unspecified atom stereocenters. The van der Waals surface area contributed by atoms with Crippen molar-refractivity contribution < 1.29 is 9.21 Å². The molecule has 0 atom stereocenters. The van der Waals surface area contributed by atoms with Gasteiger partial charge in [-0.2, -0.15) is 0 Å². The van der Waals surface area contributed by atoms with Crippen LogP contribution in [0, 0.1) is 0 Å². The minimum atomic E-state index is 0.0556. The quantitative estimate of drug-likeness (QED) is 0.813. The zero-order valence-corrected chi connectivity index (χ0v) is 9.26. The Balaban J connectivity index is 2.15. The normalized spacial score (nSPS) is 10.5. The van der Waals surface area contributed by atoms with Crippen molar-refractivity contribution in [3.8, 4) is 0 Å². The van der Waals surface area contributed by atoms with Gasteiger partial charge in [0.2, 0.25) is 5.91 Å². The summed E-state index contributed by atoms with van der Waals surface area (Å²) in [4.78, 5) is 11.3. The summed E-state index contributed by atoms with van der Waals surface area (Å²) >= 11 is 1.63. The molecule has 78 valence electrons. The molecule has 1 heterocycles. The first-order valence-corrected chi connectivity index (χ1v) is 5.64. The third-order valence-corrected chi connectivity index (χ3v) is 2.68. The smallest absolute Gasteiger partial charge is 0.230 e. The lowest BCUT2D eigenvalue weighted by atomic mass is 10.4. The molecular formula is C10H15NO2S. The minimum Gasteiger partial charge on any atom is -0.467 e. The highest BCUT2D eigenvalue weighted by atomic mass is 32.2. The lowest BCUT2D eigenvalue weighted by molar-refractivity contribution is -0.118. The van der Waals surface area contributed by atoms with E-state index in [-0.39, 0.29) is 5.91 Å². The summed E-state index contributed by atoms with van der Waals surface area (Å²) in [6.45, 7) is 4.62. The van der Waals surface area contributed by atoms with E-state index in [1.165, 1.54) is 0 Å². The molecule has 14 heavy (non-hydrogen) atoms. The predicted octanol–water partition coefficient (Wildman–Crippen LogP) is 2.04. The van der Waals surface area contributed by atoms with E-state index in [9.17, 15) is 4.79 Å². The fourth-order valence-electron chi connectivity index (χ4n) is 0.892. The van der Waals surface area contributed by atoms with E-state index in [0.29, 0.717) is 17.5 Å². The van der Waals surface area contributed by atoms with Gasteiger partial charge < -0.3 is 9.73 Å². The summed E-state index contributed by atoms with van der Waals surface area (Å²) in [6.07, 6.45) is 1.60. The van der Waals surface area contributed by atoms with Crippen LogP contribution in [0.15, 0.2) is 22.8 Å². The third-order valence-electron chi connectivity index (χ3n) is 1.59. The average Bonchev–Trinajstić information content (AvgIpc) is 2.63. The molecule has 0 saturated carbocycles. The van der Waals surface area contributed by atoms with Gasteiger partial charge in [-0.15, -0.1) is 11.8 Å². The van der Waals surface area contributed by atoms with Crippen LogP contribution in [0.1, 0.15) is 19.6 Å². The number of amides is 1. The van der Waals surface area contributed by atoms with Gasteiger partial charge in [-0.3, -0.25) is 4.79 Å². The molecule has 0 aliphatic carbocycles. The van der Waals surface area contributed by atoms with Crippen LogP contribution in [0.25, 0.3) is 0 Å². The Morgan fingerprint density at radius 1 is 1.64 bits per heavy atom. The largest absolute Gasteiger partial charge is 0.467 e. The summed E-state index contributed by atoms with van der Waals surface area (Å²) in [7, 11) is 0. The number of carbonyl (C=O) groups is 1. The summed E-state index contributed by atoms with van der Waals surface area (Å²) < 4.78 is 5.09. The second-order valence-electron chi connectivity index (χ2n) is 3.22. The molecule has 0 fully saturated rings. The summed E-state index contributed by atoms with van der Waals surface area (Å²) in [5.41, 5.74) is 0. The minimum absolute atomic E-state index is 0.0556. The number of hydrogen-bond donors (Lipinski definition) is 1. The molecule has 0 aromatic carbocycles. The molecule has 1 rings (SSSR count). The Kier molecular flexibility index (Phi) is 4.59. The highest BCUT2D eigenvalue weighted by Crippen LogP contribution is 2.08. The average molecular weight is 213 g/mol. The van der Waals surface area contributed by atoms with Gasteiger partial charge in [-0.05, 0) is 17.4 Å². The second-order valence-corrected chi connectivity index (χ2v) is 4.78. The van der Waals surface area contributed by atoms with Crippen molar-refractivity contribution in [1.82, 2.24) is 5.32 Å². The van der Waals surface area contributed by atoms with E-state index in [0.717, 1.165) is 5.76 Å². The van der Waals surface area contributed by atoms with Crippen molar-refractivity contribution in [3.63, 3.8) is 0 Å². The van der Waals surface area contributed by atoms with E-state index >= 15 is 0 Å². The molecule has 0 aliphatic rings. The van der Waals surface area contributed by atoms with E-state index in [2.05, 4.69) is 19.2 Å². The lowest BCUT2D eigenvalue weighted by Crippen LogP contribution is -2.24. The molecule has 0 bridgehead atoms. The van der Waals surface area contributed by atoms with E-state index in [1.807, 2.05) is 12.1 Å². The zero-order chi connectivity index (χ0) is 10.4. The highest BCUT2D eigenvalue weighted by Gasteiger charge is 2.03. The van der Waals surface area contributed by atoms with Crippen LogP contribution < -0.4 is 5.32 Å². The Morgan fingerprint density at radius 3 is 3.00 bits per heavy atom. The zero-order valence-electron chi connectivity index (χ0n) is 8.45. The molecule has 4 heteroatoms. The standard InChI is InChI=1S/C10H15NO2S/c1-8(2)14-7-10(12)11-6-9-4-3-5-13-9/h3-5,8H,6-7H2,1-2H3,(H,11,12). The Morgan fingerprint density at radius 2 is 2.43 bits per heavy atom. The first-order chi connectivity index (χ1) is 6.68. The third kappa shape index (κ3) is 4.37. The maximum atomic E-state index is 11.3. The molecule has 0 saturated heterocycles. The molecular weight excluding hydrogens is 198 g/mol. The maximum Gasteiger partial charge on any atom is 0.230 e. The van der Waals surface area contributed by atoms with Crippen LogP contribution in [0.2, 0.25) is 0 Å². The van der Waals surface area contributed by atoms with Gasteiger partial charge in [-0.25, -0.2) is 0 Å². The molecule has 3 nitrogen and oxygen atoms in total. The first-order valence-electron chi connectivity index (χ1n) is 4.59. The molecule has 0 spiro atoms. The van der Waals surface area contributed by atoms with Crippen LogP contribution in [-0.4, -0.2) is 16.9 Å². The lowest BCUT2D eigenvalue weighted by Gasteiger charge is -2.04. The van der Waals surface area contributed by atoms with Crippen LogP contribution in [-0.2, 0) is 11.3 Å². The van der Waals surface area contributed by atoms with Crippen molar-refractivity contribution >= 4 is 17.7 Å². The monoisotopic (exact) mass is 213 g/mol. The first kappa shape index (κ1) is 11.2. The van der Waals surface area contributed by atoms with Gasteiger partial charge in [0.25, 0.3) is 0 Å². The van der Waals surface area contributed by atoms with Gasteiger partial charge in [-0.1, -0.05) is 13.8 Å². The van der Waals surface area contributed by atoms with Crippen molar-refractivity contribution in [2.24, 2.45) is 0 Å². The molecule has 0 radical (unpaired) electrons. The van der Waals surface area contributed by atoms with Crippen LogP contribution >= 0.6 is 11.8 Å². The number of carbonyl (C=O) groups excluding carboxylic acids is 1. The van der Waals surface area contributed by atoms with Crippen molar-refractivity contribution in [2.75, 3.05) is 5.75 Å². The van der Waals surface area contributed by atoms with Gasteiger partial charge in [0.05, 0.1) is 18.6 Å². The van der Waals surface area contributed by atoms with E-state index < -0.39 is 0 Å². The summed E-state index contributed by atoms with van der Waals surface area (Å²) in [6, 6.07) is 3.65. The second kappa shape index (κ2) is 5.75. The number of furan rings is 1. The van der Waals surface area contributed by atoms with Gasteiger partial charge in [0.1, 0.15) is 5.76 Å². The topological polar surface area (TPSA) is 42.2 Å². The summed E-state index contributed by atoms with van der Waals surface area (Å²) in [5, 5.41) is 3.28. The SMILES string of the molecule is CC(C)SCC(=O)NCc1ccco1. The van der Waals surface area contributed by atoms with Crippen molar-refractivity contribution in [1.29, 1.82) is 0 Å².